The predicted molar refractivity (Wildman–Crippen MR) is 81.9 cm³/mol. The maximum Gasteiger partial charge on any atom is 0.303 e. The van der Waals surface area contributed by atoms with E-state index in [4.69, 9.17) is 5.11 Å². The van der Waals surface area contributed by atoms with E-state index in [1.165, 1.54) is 15.6 Å². The summed E-state index contributed by atoms with van der Waals surface area (Å²) in [6, 6.07) is 8.48. The third-order valence-corrected chi connectivity index (χ3v) is 6.05. The van der Waals surface area contributed by atoms with E-state index in [0.717, 1.165) is 24.3 Å². The Morgan fingerprint density at radius 1 is 1.37 bits per heavy atom. The predicted octanol–water partition coefficient (Wildman–Crippen LogP) is 4.39. The number of rotatable bonds is 6. The van der Waals surface area contributed by atoms with Crippen LogP contribution in [0, 0.1) is 5.41 Å². The monoisotopic (exact) mass is 292 g/mol. The van der Waals surface area contributed by atoms with Crippen LogP contribution < -0.4 is 0 Å². The summed E-state index contributed by atoms with van der Waals surface area (Å²) in [7, 11) is 0. The van der Waals surface area contributed by atoms with Crippen molar-refractivity contribution in [2.75, 3.05) is 5.75 Å². The molecule has 100 valence electrons. The Balaban J connectivity index is 1.59. The van der Waals surface area contributed by atoms with Gasteiger partial charge < -0.3 is 5.11 Å². The second kappa shape index (κ2) is 5.17. The van der Waals surface area contributed by atoms with Gasteiger partial charge in [-0.1, -0.05) is 18.2 Å². The van der Waals surface area contributed by atoms with Crippen LogP contribution in [0.25, 0.3) is 10.1 Å². The van der Waals surface area contributed by atoms with Gasteiger partial charge in [-0.25, -0.2) is 0 Å². The summed E-state index contributed by atoms with van der Waals surface area (Å²) in [6.07, 6.45) is 2.50. The quantitative estimate of drug-likeness (QED) is 0.858. The largest absolute Gasteiger partial charge is 0.481 e. The Labute approximate surface area is 120 Å². The van der Waals surface area contributed by atoms with Crippen LogP contribution in [0.1, 0.15) is 24.8 Å². The summed E-state index contributed by atoms with van der Waals surface area (Å²) < 4.78 is 1.34. The van der Waals surface area contributed by atoms with Crippen LogP contribution >= 0.6 is 23.1 Å². The van der Waals surface area contributed by atoms with Gasteiger partial charge in [0.15, 0.2) is 0 Å². The third kappa shape index (κ3) is 2.95. The molecule has 1 aromatic carbocycles. The lowest BCUT2D eigenvalue weighted by Gasteiger charge is -2.11. The number of carbonyl (C=O) groups is 1. The summed E-state index contributed by atoms with van der Waals surface area (Å²) in [5.74, 6) is 1.31. The van der Waals surface area contributed by atoms with Crippen molar-refractivity contribution in [3.63, 3.8) is 0 Å². The number of carboxylic acid groups (broad SMARTS) is 1. The first kappa shape index (κ1) is 13.0. The first-order valence-electron chi connectivity index (χ1n) is 6.43. The molecule has 0 spiro atoms. The lowest BCUT2D eigenvalue weighted by molar-refractivity contribution is -0.138. The molecule has 1 N–H and O–H groups in total. The number of fused-ring (bicyclic) bond motifs is 1. The van der Waals surface area contributed by atoms with Gasteiger partial charge >= 0.3 is 5.97 Å². The van der Waals surface area contributed by atoms with Crippen LogP contribution in [0.4, 0.5) is 0 Å². The van der Waals surface area contributed by atoms with Gasteiger partial charge in [0.1, 0.15) is 0 Å². The van der Waals surface area contributed by atoms with Crippen molar-refractivity contribution in [2.24, 2.45) is 5.41 Å². The van der Waals surface area contributed by atoms with E-state index in [1.54, 1.807) is 11.3 Å². The average molecular weight is 292 g/mol. The van der Waals surface area contributed by atoms with E-state index in [-0.39, 0.29) is 5.41 Å². The molecule has 1 fully saturated rings. The summed E-state index contributed by atoms with van der Waals surface area (Å²) in [4.78, 5) is 10.8. The molecule has 1 saturated carbocycles. The van der Waals surface area contributed by atoms with Crippen molar-refractivity contribution >= 4 is 39.2 Å². The van der Waals surface area contributed by atoms with Crippen LogP contribution in [0.2, 0.25) is 0 Å². The molecule has 1 aliphatic rings. The number of aliphatic carboxylic acids is 1. The first-order chi connectivity index (χ1) is 9.19. The zero-order valence-corrected chi connectivity index (χ0v) is 12.2. The minimum Gasteiger partial charge on any atom is -0.481 e. The fraction of sp³-hybridized carbons (Fsp3) is 0.400. The SMILES string of the molecule is O=C(O)CC1(CSCc2csc3ccccc23)CC1. The highest BCUT2D eigenvalue weighted by atomic mass is 32.2. The van der Waals surface area contributed by atoms with E-state index in [2.05, 4.69) is 29.6 Å². The third-order valence-electron chi connectivity index (χ3n) is 3.71. The van der Waals surface area contributed by atoms with Gasteiger partial charge in [-0.05, 0) is 46.4 Å². The molecule has 1 aliphatic carbocycles. The Bertz CT molecular complexity index is 599. The molecule has 0 amide bonds. The molecule has 0 atom stereocenters. The zero-order valence-electron chi connectivity index (χ0n) is 10.6. The van der Waals surface area contributed by atoms with Gasteiger partial charge in [0.25, 0.3) is 0 Å². The van der Waals surface area contributed by atoms with Crippen molar-refractivity contribution in [3.05, 3.63) is 35.2 Å². The zero-order chi connectivity index (χ0) is 13.3. The average Bonchev–Trinajstić information content (AvgIpc) is 3.00. The number of hydrogen-bond acceptors (Lipinski definition) is 3. The molecular weight excluding hydrogens is 276 g/mol. The second-order valence-electron chi connectivity index (χ2n) is 5.32. The minimum absolute atomic E-state index is 0.0995. The smallest absolute Gasteiger partial charge is 0.303 e. The normalized spacial score (nSPS) is 16.6. The van der Waals surface area contributed by atoms with Gasteiger partial charge in [0.05, 0.1) is 6.42 Å². The van der Waals surface area contributed by atoms with Crippen LogP contribution in [0.15, 0.2) is 29.6 Å². The molecule has 0 radical (unpaired) electrons. The lowest BCUT2D eigenvalue weighted by Crippen LogP contribution is -2.11. The van der Waals surface area contributed by atoms with Crippen molar-refractivity contribution in [3.8, 4) is 0 Å². The van der Waals surface area contributed by atoms with E-state index in [0.29, 0.717) is 6.42 Å². The molecule has 0 saturated heterocycles. The summed E-state index contributed by atoms with van der Waals surface area (Å²) >= 11 is 3.67. The van der Waals surface area contributed by atoms with E-state index >= 15 is 0 Å². The number of thiophene rings is 1. The molecule has 1 aromatic heterocycles. The number of benzene rings is 1. The topological polar surface area (TPSA) is 37.3 Å². The molecular formula is C15H16O2S2. The van der Waals surface area contributed by atoms with Crippen LogP contribution in [0.5, 0.6) is 0 Å². The molecule has 4 heteroatoms. The highest BCUT2D eigenvalue weighted by molar-refractivity contribution is 7.98. The molecule has 1 heterocycles. The van der Waals surface area contributed by atoms with Crippen LogP contribution in [0.3, 0.4) is 0 Å². The summed E-state index contributed by atoms with van der Waals surface area (Å²) in [5.41, 5.74) is 1.49. The van der Waals surface area contributed by atoms with Crippen molar-refractivity contribution in [2.45, 2.75) is 25.0 Å². The lowest BCUT2D eigenvalue weighted by atomic mass is 10.1. The second-order valence-corrected chi connectivity index (χ2v) is 7.22. The molecule has 0 aliphatic heterocycles. The summed E-state index contributed by atoms with van der Waals surface area (Å²) in [6.45, 7) is 0. The number of thioether (sulfide) groups is 1. The van der Waals surface area contributed by atoms with Gasteiger partial charge in [-0.3, -0.25) is 4.79 Å². The van der Waals surface area contributed by atoms with Gasteiger partial charge in [0.2, 0.25) is 0 Å². The first-order valence-corrected chi connectivity index (χ1v) is 8.47. The molecule has 0 bridgehead atoms. The Morgan fingerprint density at radius 3 is 2.89 bits per heavy atom. The number of carboxylic acids is 1. The molecule has 2 aromatic rings. The standard InChI is InChI=1S/C15H16O2S2/c16-14(17)7-15(5-6-15)10-18-8-11-9-19-13-4-2-1-3-12(11)13/h1-4,9H,5-8,10H2,(H,16,17). The molecule has 2 nitrogen and oxygen atoms in total. The Hall–Kier alpha value is -1.00. The summed E-state index contributed by atoms with van der Waals surface area (Å²) in [5, 5.41) is 12.5. The maximum atomic E-state index is 10.8. The Kier molecular flexibility index (Phi) is 3.54. The van der Waals surface area contributed by atoms with Crippen molar-refractivity contribution in [1.82, 2.24) is 0 Å². The highest BCUT2D eigenvalue weighted by Crippen LogP contribution is 2.51. The molecule has 19 heavy (non-hydrogen) atoms. The Morgan fingerprint density at radius 2 is 2.16 bits per heavy atom. The van der Waals surface area contributed by atoms with Gasteiger partial charge in [-0.15, -0.1) is 11.3 Å². The highest BCUT2D eigenvalue weighted by Gasteiger charge is 2.44. The van der Waals surface area contributed by atoms with E-state index in [9.17, 15) is 4.79 Å². The van der Waals surface area contributed by atoms with Crippen molar-refractivity contribution < 1.29 is 9.90 Å². The minimum atomic E-state index is -0.654. The van der Waals surface area contributed by atoms with E-state index < -0.39 is 5.97 Å². The molecule has 3 rings (SSSR count). The number of hydrogen-bond donors (Lipinski definition) is 1. The van der Waals surface area contributed by atoms with Crippen LogP contribution in [-0.2, 0) is 10.5 Å². The van der Waals surface area contributed by atoms with Crippen LogP contribution in [-0.4, -0.2) is 16.8 Å². The van der Waals surface area contributed by atoms with E-state index in [1.807, 2.05) is 11.8 Å². The maximum absolute atomic E-state index is 10.8. The molecule has 0 unspecified atom stereocenters. The fourth-order valence-corrected chi connectivity index (χ4v) is 4.84. The van der Waals surface area contributed by atoms with Gasteiger partial charge in [0, 0.05) is 10.5 Å². The van der Waals surface area contributed by atoms with Crippen molar-refractivity contribution in [1.29, 1.82) is 0 Å². The fourth-order valence-electron chi connectivity index (χ4n) is 2.39. The van der Waals surface area contributed by atoms with Gasteiger partial charge in [-0.2, -0.15) is 11.8 Å².